The number of aryl methyl sites for hydroxylation is 1. The van der Waals surface area contributed by atoms with Crippen LogP contribution in [0, 0.1) is 0 Å². The average Bonchev–Trinajstić information content (AvgIpc) is 2.65. The molecule has 2 N–H and O–H groups in total. The molecule has 0 fully saturated rings. The van der Waals surface area contributed by atoms with E-state index in [4.69, 9.17) is 21.1 Å². The molecular formula is C19H22ClF3N2O5S. The number of phenols is 1. The van der Waals surface area contributed by atoms with Crippen LogP contribution in [-0.4, -0.2) is 43.5 Å². The molecule has 0 unspecified atom stereocenters. The van der Waals surface area contributed by atoms with Crippen LogP contribution in [0.5, 0.6) is 17.4 Å². The summed E-state index contributed by atoms with van der Waals surface area (Å²) in [4.78, 5) is 3.58. The predicted molar refractivity (Wildman–Crippen MR) is 109 cm³/mol. The van der Waals surface area contributed by atoms with Crippen LogP contribution < -0.4 is 9.46 Å². The summed E-state index contributed by atoms with van der Waals surface area (Å²) < 4.78 is 75.8. The predicted octanol–water partition coefficient (Wildman–Crippen LogP) is 4.14. The van der Waals surface area contributed by atoms with E-state index >= 15 is 0 Å². The van der Waals surface area contributed by atoms with Gasteiger partial charge in [0.25, 0.3) is 0 Å². The summed E-state index contributed by atoms with van der Waals surface area (Å²) in [6.45, 7) is 4.00. The minimum absolute atomic E-state index is 0.00817. The Kier molecular flexibility index (Phi) is 8.52. The Morgan fingerprint density at radius 1 is 1.26 bits per heavy atom. The van der Waals surface area contributed by atoms with Crippen LogP contribution in [0.15, 0.2) is 30.5 Å². The first-order chi connectivity index (χ1) is 14.4. The van der Waals surface area contributed by atoms with Gasteiger partial charge in [-0.2, -0.15) is 13.2 Å². The Morgan fingerprint density at radius 3 is 2.58 bits per heavy atom. The highest BCUT2D eigenvalue weighted by Crippen LogP contribution is 2.36. The van der Waals surface area contributed by atoms with Gasteiger partial charge in [-0.1, -0.05) is 17.7 Å². The largest absolute Gasteiger partial charge is 0.508 e. The van der Waals surface area contributed by atoms with Crippen LogP contribution in [0.25, 0.3) is 0 Å². The lowest BCUT2D eigenvalue weighted by Gasteiger charge is -2.14. The number of rotatable bonds is 10. The number of halogens is 4. The van der Waals surface area contributed by atoms with Gasteiger partial charge in [0, 0.05) is 18.8 Å². The molecule has 0 aliphatic rings. The van der Waals surface area contributed by atoms with Crippen LogP contribution in [0.2, 0.25) is 5.02 Å². The Bertz CT molecular complexity index is 1000. The first-order valence-electron chi connectivity index (χ1n) is 9.19. The van der Waals surface area contributed by atoms with Gasteiger partial charge in [-0.05, 0) is 38.0 Å². The summed E-state index contributed by atoms with van der Waals surface area (Å²) in [6.07, 6.45) is -4.06. The zero-order valence-electron chi connectivity index (χ0n) is 16.7. The van der Waals surface area contributed by atoms with Crippen LogP contribution in [-0.2, 0) is 27.4 Å². The van der Waals surface area contributed by atoms with Crippen molar-refractivity contribution >= 4 is 21.6 Å². The summed E-state index contributed by atoms with van der Waals surface area (Å²) in [5.74, 6) is -0.765. The summed E-state index contributed by atoms with van der Waals surface area (Å²) in [7, 11) is -3.62. The van der Waals surface area contributed by atoms with Gasteiger partial charge < -0.3 is 14.6 Å². The number of hydrogen-bond acceptors (Lipinski definition) is 6. The van der Waals surface area contributed by atoms with Gasteiger partial charge in [0.2, 0.25) is 15.9 Å². The van der Waals surface area contributed by atoms with E-state index in [1.165, 1.54) is 18.2 Å². The van der Waals surface area contributed by atoms with Crippen molar-refractivity contribution in [2.45, 2.75) is 32.5 Å². The first-order valence-corrected chi connectivity index (χ1v) is 11.2. The standard InChI is InChI=1S/C19H22ClF3N2O5S/c1-12(2)29-7-6-25-31(27,28)8-5-13-3-4-15(26)10-17(13)30-18-16(20)9-14(11-24-18)19(21,22)23/h3-4,9-12,25-26H,5-8H2,1-2H3. The topological polar surface area (TPSA) is 97.8 Å². The fraction of sp³-hybridized carbons (Fsp3) is 0.421. The van der Waals surface area contributed by atoms with Gasteiger partial charge in [0.15, 0.2) is 0 Å². The van der Waals surface area contributed by atoms with Gasteiger partial charge in [-0.3, -0.25) is 0 Å². The number of pyridine rings is 1. The SMILES string of the molecule is CC(C)OCCNS(=O)(=O)CCc1ccc(O)cc1Oc1ncc(C(F)(F)F)cc1Cl. The van der Waals surface area contributed by atoms with E-state index in [-0.39, 0.29) is 53.8 Å². The van der Waals surface area contributed by atoms with E-state index in [2.05, 4.69) is 9.71 Å². The number of ether oxygens (including phenoxy) is 2. The van der Waals surface area contributed by atoms with E-state index < -0.39 is 21.8 Å². The molecule has 0 aliphatic heterocycles. The van der Waals surface area contributed by atoms with Gasteiger partial charge in [0.1, 0.15) is 16.5 Å². The lowest BCUT2D eigenvalue weighted by Crippen LogP contribution is -2.31. The molecule has 0 radical (unpaired) electrons. The molecule has 0 amide bonds. The van der Waals surface area contributed by atoms with Crippen LogP contribution in [0.1, 0.15) is 25.0 Å². The van der Waals surface area contributed by atoms with E-state index in [9.17, 15) is 26.7 Å². The van der Waals surface area contributed by atoms with Crippen molar-refractivity contribution in [2.75, 3.05) is 18.9 Å². The summed E-state index contributed by atoms with van der Waals surface area (Å²) >= 11 is 5.85. The lowest BCUT2D eigenvalue weighted by molar-refractivity contribution is -0.137. The minimum atomic E-state index is -4.62. The number of nitrogens with zero attached hydrogens (tertiary/aromatic N) is 1. The monoisotopic (exact) mass is 482 g/mol. The van der Waals surface area contributed by atoms with Gasteiger partial charge in [-0.15, -0.1) is 0 Å². The molecule has 12 heteroatoms. The molecule has 7 nitrogen and oxygen atoms in total. The third kappa shape index (κ3) is 8.17. The van der Waals surface area contributed by atoms with E-state index in [1.54, 1.807) is 0 Å². The Balaban J connectivity index is 2.11. The number of aromatic hydroxyl groups is 1. The zero-order valence-corrected chi connectivity index (χ0v) is 18.3. The third-order valence-electron chi connectivity index (χ3n) is 3.91. The van der Waals surface area contributed by atoms with Crippen LogP contribution >= 0.6 is 11.6 Å². The summed E-state index contributed by atoms with van der Waals surface area (Å²) in [5, 5.41) is 9.34. The molecule has 2 aromatic rings. The van der Waals surface area contributed by atoms with Gasteiger partial charge >= 0.3 is 6.18 Å². The molecule has 0 atom stereocenters. The molecular weight excluding hydrogens is 461 g/mol. The molecule has 0 saturated carbocycles. The number of alkyl halides is 3. The molecule has 0 saturated heterocycles. The lowest BCUT2D eigenvalue weighted by atomic mass is 10.1. The van der Waals surface area contributed by atoms with Crippen molar-refractivity contribution in [3.63, 3.8) is 0 Å². The van der Waals surface area contributed by atoms with Gasteiger partial charge in [0.05, 0.1) is 24.0 Å². The number of sulfonamides is 1. The van der Waals surface area contributed by atoms with Crippen molar-refractivity contribution in [1.29, 1.82) is 0 Å². The molecule has 2 rings (SSSR count). The minimum Gasteiger partial charge on any atom is -0.508 e. The highest BCUT2D eigenvalue weighted by molar-refractivity contribution is 7.89. The molecule has 0 bridgehead atoms. The second kappa shape index (κ2) is 10.5. The number of aromatic nitrogens is 1. The molecule has 172 valence electrons. The average molecular weight is 483 g/mol. The van der Waals surface area contributed by atoms with Crippen molar-refractivity contribution in [2.24, 2.45) is 0 Å². The van der Waals surface area contributed by atoms with Crippen LogP contribution in [0.3, 0.4) is 0 Å². The number of phenolic OH excluding ortho intramolecular Hbond substituents is 1. The Labute approximate surface area is 183 Å². The van der Waals surface area contributed by atoms with E-state index in [1.807, 2.05) is 13.8 Å². The highest BCUT2D eigenvalue weighted by Gasteiger charge is 2.32. The number of nitrogens with one attached hydrogen (secondary N) is 1. The second-order valence-corrected chi connectivity index (χ2v) is 9.12. The fourth-order valence-electron chi connectivity index (χ4n) is 2.41. The molecule has 1 heterocycles. The van der Waals surface area contributed by atoms with E-state index in [0.29, 0.717) is 17.8 Å². The first kappa shape index (κ1) is 25.2. The van der Waals surface area contributed by atoms with E-state index in [0.717, 1.165) is 0 Å². The van der Waals surface area contributed by atoms with Crippen molar-refractivity contribution in [3.05, 3.63) is 46.6 Å². The third-order valence-corrected chi connectivity index (χ3v) is 5.56. The smallest absolute Gasteiger partial charge is 0.417 e. The maximum absolute atomic E-state index is 12.8. The molecule has 31 heavy (non-hydrogen) atoms. The van der Waals surface area contributed by atoms with Crippen molar-refractivity contribution in [1.82, 2.24) is 9.71 Å². The van der Waals surface area contributed by atoms with Crippen molar-refractivity contribution in [3.8, 4) is 17.4 Å². The summed E-state index contributed by atoms with van der Waals surface area (Å²) in [5.41, 5.74) is -0.654. The highest BCUT2D eigenvalue weighted by atomic mass is 35.5. The van der Waals surface area contributed by atoms with Crippen LogP contribution in [0.4, 0.5) is 13.2 Å². The quantitative estimate of drug-likeness (QED) is 0.494. The molecule has 1 aromatic heterocycles. The maximum atomic E-state index is 12.8. The molecule has 1 aromatic carbocycles. The fourth-order valence-corrected chi connectivity index (χ4v) is 3.64. The van der Waals surface area contributed by atoms with Gasteiger partial charge in [-0.25, -0.2) is 18.1 Å². The zero-order chi connectivity index (χ0) is 23.2. The normalized spacial score (nSPS) is 12.4. The second-order valence-electron chi connectivity index (χ2n) is 6.79. The Morgan fingerprint density at radius 2 is 1.97 bits per heavy atom. The molecule has 0 aliphatic carbocycles. The Hall–Kier alpha value is -2.08. The summed E-state index contributed by atoms with van der Waals surface area (Å²) in [6, 6.07) is 4.64. The number of benzene rings is 1. The van der Waals surface area contributed by atoms with Crippen molar-refractivity contribution < 1.29 is 36.2 Å². The molecule has 0 spiro atoms. The maximum Gasteiger partial charge on any atom is 0.417 e. The number of hydrogen-bond donors (Lipinski definition) is 2.